The summed E-state index contributed by atoms with van der Waals surface area (Å²) in [5, 5.41) is 0. The molecule has 2 atom stereocenters. The standard InChI is InChI=1S/C17H27NO3S/c1-4-22(19,20)18-17-8-6-5-7-15(17)12-21-16-10-9-13(2)14(3)11-16/h9-11,15,17-18H,4-8,12H2,1-3H3/t15-,17+/m0/s1. The molecule has 0 spiro atoms. The van der Waals surface area contributed by atoms with Crippen LogP contribution in [0, 0.1) is 19.8 Å². The summed E-state index contributed by atoms with van der Waals surface area (Å²) in [6.07, 6.45) is 4.14. The predicted molar refractivity (Wildman–Crippen MR) is 89.8 cm³/mol. The van der Waals surface area contributed by atoms with E-state index in [-0.39, 0.29) is 17.7 Å². The van der Waals surface area contributed by atoms with Crippen LogP contribution >= 0.6 is 0 Å². The smallest absolute Gasteiger partial charge is 0.211 e. The lowest BCUT2D eigenvalue weighted by atomic mass is 9.86. The Morgan fingerprint density at radius 1 is 1.18 bits per heavy atom. The molecule has 1 saturated carbocycles. The van der Waals surface area contributed by atoms with Crippen LogP contribution in [0.25, 0.3) is 0 Å². The molecule has 2 rings (SSSR count). The molecule has 124 valence electrons. The van der Waals surface area contributed by atoms with Crippen molar-refractivity contribution in [2.45, 2.75) is 52.5 Å². The molecule has 0 radical (unpaired) electrons. The third-order valence-corrected chi connectivity index (χ3v) is 5.98. The van der Waals surface area contributed by atoms with Crippen LogP contribution in [-0.4, -0.2) is 26.8 Å². The SMILES string of the molecule is CCS(=O)(=O)N[C@@H]1CCCC[C@H]1COc1ccc(C)c(C)c1. The van der Waals surface area contributed by atoms with Crippen molar-refractivity contribution in [3.8, 4) is 5.75 Å². The van der Waals surface area contributed by atoms with E-state index in [0.29, 0.717) is 6.61 Å². The Morgan fingerprint density at radius 3 is 2.59 bits per heavy atom. The van der Waals surface area contributed by atoms with Crippen LogP contribution in [0.15, 0.2) is 18.2 Å². The summed E-state index contributed by atoms with van der Waals surface area (Å²) >= 11 is 0. The summed E-state index contributed by atoms with van der Waals surface area (Å²) < 4.78 is 32.4. The molecule has 5 heteroatoms. The van der Waals surface area contributed by atoms with Gasteiger partial charge < -0.3 is 4.74 Å². The Hall–Kier alpha value is -1.07. The average Bonchev–Trinajstić information content (AvgIpc) is 2.49. The van der Waals surface area contributed by atoms with Crippen LogP contribution < -0.4 is 9.46 Å². The average molecular weight is 325 g/mol. The lowest BCUT2D eigenvalue weighted by Gasteiger charge is -2.31. The fraction of sp³-hybridized carbons (Fsp3) is 0.647. The highest BCUT2D eigenvalue weighted by atomic mass is 32.2. The van der Waals surface area contributed by atoms with Crippen LogP contribution in [0.2, 0.25) is 0 Å². The lowest BCUT2D eigenvalue weighted by Crippen LogP contribution is -2.44. The molecule has 0 bridgehead atoms. The highest BCUT2D eigenvalue weighted by Crippen LogP contribution is 2.26. The molecular formula is C17H27NO3S. The summed E-state index contributed by atoms with van der Waals surface area (Å²) in [7, 11) is -3.15. The van der Waals surface area contributed by atoms with E-state index in [1.807, 2.05) is 12.1 Å². The second kappa shape index (κ2) is 7.47. The van der Waals surface area contributed by atoms with Crippen LogP contribution in [0.5, 0.6) is 5.75 Å². The number of hydrogen-bond donors (Lipinski definition) is 1. The monoisotopic (exact) mass is 325 g/mol. The first-order chi connectivity index (χ1) is 10.4. The Bertz CT molecular complexity index is 598. The minimum Gasteiger partial charge on any atom is -0.493 e. The quantitative estimate of drug-likeness (QED) is 0.874. The molecule has 1 aliphatic rings. The summed E-state index contributed by atoms with van der Waals surface area (Å²) in [4.78, 5) is 0. The van der Waals surface area contributed by atoms with Gasteiger partial charge in [0.2, 0.25) is 10.0 Å². The Kier molecular flexibility index (Phi) is 5.87. The largest absolute Gasteiger partial charge is 0.493 e. The van der Waals surface area contributed by atoms with E-state index in [9.17, 15) is 8.42 Å². The third kappa shape index (κ3) is 4.71. The van der Waals surface area contributed by atoms with Gasteiger partial charge in [-0.25, -0.2) is 13.1 Å². The number of sulfonamides is 1. The van der Waals surface area contributed by atoms with Gasteiger partial charge in [-0.1, -0.05) is 18.9 Å². The molecule has 1 fully saturated rings. The fourth-order valence-corrected chi connectivity index (χ4v) is 3.82. The maximum absolute atomic E-state index is 11.8. The molecule has 0 saturated heterocycles. The van der Waals surface area contributed by atoms with Gasteiger partial charge in [-0.3, -0.25) is 0 Å². The normalized spacial score (nSPS) is 22.5. The summed E-state index contributed by atoms with van der Waals surface area (Å²) in [5.74, 6) is 1.25. The van der Waals surface area contributed by atoms with Gasteiger partial charge in [-0.2, -0.15) is 0 Å². The molecule has 0 amide bonds. The molecular weight excluding hydrogens is 298 g/mol. The van der Waals surface area contributed by atoms with Crippen molar-refractivity contribution in [1.29, 1.82) is 0 Å². The number of ether oxygens (including phenoxy) is 1. The van der Waals surface area contributed by atoms with Crippen LogP contribution in [-0.2, 0) is 10.0 Å². The van der Waals surface area contributed by atoms with Crippen molar-refractivity contribution in [1.82, 2.24) is 4.72 Å². The molecule has 1 aliphatic carbocycles. The zero-order valence-electron chi connectivity index (χ0n) is 13.8. The maximum atomic E-state index is 11.8. The van der Waals surface area contributed by atoms with E-state index in [1.165, 1.54) is 11.1 Å². The van der Waals surface area contributed by atoms with E-state index in [0.717, 1.165) is 31.4 Å². The Labute approximate surface area is 134 Å². The molecule has 22 heavy (non-hydrogen) atoms. The van der Waals surface area contributed by atoms with Crippen LogP contribution in [0.4, 0.5) is 0 Å². The van der Waals surface area contributed by atoms with E-state index in [4.69, 9.17) is 4.74 Å². The van der Waals surface area contributed by atoms with Crippen molar-refractivity contribution in [3.05, 3.63) is 29.3 Å². The van der Waals surface area contributed by atoms with Crippen molar-refractivity contribution < 1.29 is 13.2 Å². The maximum Gasteiger partial charge on any atom is 0.211 e. The highest BCUT2D eigenvalue weighted by molar-refractivity contribution is 7.89. The topological polar surface area (TPSA) is 55.4 Å². The number of rotatable bonds is 6. The van der Waals surface area contributed by atoms with Gasteiger partial charge >= 0.3 is 0 Å². The van der Waals surface area contributed by atoms with E-state index in [1.54, 1.807) is 6.92 Å². The summed E-state index contributed by atoms with van der Waals surface area (Å²) in [6.45, 7) is 6.39. The van der Waals surface area contributed by atoms with Crippen molar-refractivity contribution in [2.75, 3.05) is 12.4 Å². The summed E-state index contributed by atoms with van der Waals surface area (Å²) in [6, 6.07) is 6.09. The molecule has 0 aromatic heterocycles. The zero-order valence-corrected chi connectivity index (χ0v) is 14.6. The molecule has 0 heterocycles. The van der Waals surface area contributed by atoms with E-state index >= 15 is 0 Å². The van der Waals surface area contributed by atoms with Crippen LogP contribution in [0.1, 0.15) is 43.7 Å². The molecule has 1 aromatic carbocycles. The number of aryl methyl sites for hydroxylation is 2. The van der Waals surface area contributed by atoms with Gasteiger partial charge in [0.05, 0.1) is 12.4 Å². The minimum atomic E-state index is -3.15. The zero-order chi connectivity index (χ0) is 16.2. The fourth-order valence-electron chi connectivity index (χ4n) is 2.88. The van der Waals surface area contributed by atoms with E-state index in [2.05, 4.69) is 24.6 Å². The first kappa shape index (κ1) is 17.3. The summed E-state index contributed by atoms with van der Waals surface area (Å²) in [5.41, 5.74) is 2.46. The van der Waals surface area contributed by atoms with Gasteiger partial charge in [0, 0.05) is 12.0 Å². The number of hydrogen-bond acceptors (Lipinski definition) is 3. The van der Waals surface area contributed by atoms with Gasteiger partial charge in [-0.15, -0.1) is 0 Å². The first-order valence-corrected chi connectivity index (χ1v) is 9.76. The Balaban J connectivity index is 1.97. The second-order valence-corrected chi connectivity index (χ2v) is 8.27. The van der Waals surface area contributed by atoms with Crippen molar-refractivity contribution >= 4 is 10.0 Å². The lowest BCUT2D eigenvalue weighted by molar-refractivity contribution is 0.180. The second-order valence-electron chi connectivity index (χ2n) is 6.23. The molecule has 1 aromatic rings. The minimum absolute atomic E-state index is 0.00486. The Morgan fingerprint density at radius 2 is 1.91 bits per heavy atom. The molecule has 0 aliphatic heterocycles. The van der Waals surface area contributed by atoms with Crippen LogP contribution in [0.3, 0.4) is 0 Å². The molecule has 1 N–H and O–H groups in total. The van der Waals surface area contributed by atoms with Gasteiger partial charge in [-0.05, 0) is 56.9 Å². The van der Waals surface area contributed by atoms with E-state index < -0.39 is 10.0 Å². The van der Waals surface area contributed by atoms with Gasteiger partial charge in [0.25, 0.3) is 0 Å². The number of benzene rings is 1. The highest BCUT2D eigenvalue weighted by Gasteiger charge is 2.28. The molecule has 0 unspecified atom stereocenters. The third-order valence-electron chi connectivity index (χ3n) is 4.56. The molecule has 4 nitrogen and oxygen atoms in total. The predicted octanol–water partition coefficient (Wildman–Crippen LogP) is 3.18. The van der Waals surface area contributed by atoms with Gasteiger partial charge in [0.1, 0.15) is 5.75 Å². The number of nitrogens with one attached hydrogen (secondary N) is 1. The first-order valence-electron chi connectivity index (χ1n) is 8.11. The van der Waals surface area contributed by atoms with Crippen molar-refractivity contribution in [3.63, 3.8) is 0 Å². The van der Waals surface area contributed by atoms with Gasteiger partial charge in [0.15, 0.2) is 0 Å². The van der Waals surface area contributed by atoms with Crippen molar-refractivity contribution in [2.24, 2.45) is 5.92 Å².